The Labute approximate surface area is 70.1 Å². The first-order chi connectivity index (χ1) is 5.24. The monoisotopic (exact) mass is 216 g/mol. The molecule has 1 aromatic heterocycles. The zero-order valence-electron chi connectivity index (χ0n) is 5.43. The Morgan fingerprint density at radius 2 is 2.18 bits per heavy atom. The van der Waals surface area contributed by atoms with Crippen LogP contribution in [0, 0.1) is 0 Å². The molecule has 0 aliphatic rings. The Morgan fingerprint density at radius 3 is 2.73 bits per heavy atom. The van der Waals surface area contributed by atoms with Gasteiger partial charge < -0.3 is 4.98 Å². The molecule has 1 rings (SSSR count). The number of halogens is 1. The van der Waals surface area contributed by atoms with Crippen LogP contribution >= 0.6 is 15.9 Å². The summed E-state index contributed by atoms with van der Waals surface area (Å²) in [5, 5.41) is 0. The topological polar surface area (TPSA) is 65.7 Å². The highest BCUT2D eigenvalue weighted by Gasteiger charge is 1.92. The van der Waals surface area contributed by atoms with E-state index in [9.17, 15) is 9.59 Å². The van der Waals surface area contributed by atoms with Crippen molar-refractivity contribution >= 4 is 22.0 Å². The molecule has 1 aromatic rings. The van der Waals surface area contributed by atoms with E-state index in [1.54, 1.807) is 0 Å². The van der Waals surface area contributed by atoms with Gasteiger partial charge >= 0.3 is 5.69 Å². The van der Waals surface area contributed by atoms with Gasteiger partial charge in [-0.15, -0.1) is 0 Å². The zero-order chi connectivity index (χ0) is 8.27. The van der Waals surface area contributed by atoms with E-state index in [0.29, 0.717) is 5.56 Å². The van der Waals surface area contributed by atoms with Crippen molar-refractivity contribution in [3.05, 3.63) is 37.6 Å². The molecule has 0 spiro atoms. The molecule has 2 N–H and O–H groups in total. The first-order valence-corrected chi connectivity index (χ1v) is 3.74. The molecule has 5 heteroatoms. The molecular weight excluding hydrogens is 212 g/mol. The van der Waals surface area contributed by atoms with Gasteiger partial charge in [0.25, 0.3) is 5.56 Å². The Balaban J connectivity index is 3.31. The number of hydrogen-bond donors (Lipinski definition) is 2. The third-order valence-corrected chi connectivity index (χ3v) is 1.35. The van der Waals surface area contributed by atoms with E-state index in [-0.39, 0.29) is 0 Å². The van der Waals surface area contributed by atoms with Crippen LogP contribution in [0.25, 0.3) is 6.08 Å². The standard InChI is InChI=1S/C6H5BrN2O2/c7-2-1-4-3-8-6(11)9-5(4)10/h1-3H,(H2,8,9,10,11)/b2-1+. The fraction of sp³-hybridized carbons (Fsp3) is 0. The number of H-pyrrole nitrogens is 2. The summed E-state index contributed by atoms with van der Waals surface area (Å²) >= 11 is 3.01. The molecule has 4 nitrogen and oxygen atoms in total. The van der Waals surface area contributed by atoms with E-state index in [1.165, 1.54) is 17.3 Å². The third kappa shape index (κ3) is 1.91. The van der Waals surface area contributed by atoms with Crippen LogP contribution in [0.5, 0.6) is 0 Å². The summed E-state index contributed by atoms with van der Waals surface area (Å²) in [5.41, 5.74) is -0.493. The lowest BCUT2D eigenvalue weighted by Crippen LogP contribution is -2.22. The van der Waals surface area contributed by atoms with Crippen molar-refractivity contribution in [2.45, 2.75) is 0 Å². The molecule has 0 aliphatic heterocycles. The maximum Gasteiger partial charge on any atom is 0.325 e. The van der Waals surface area contributed by atoms with E-state index in [2.05, 4.69) is 25.9 Å². The van der Waals surface area contributed by atoms with E-state index < -0.39 is 11.2 Å². The van der Waals surface area contributed by atoms with Gasteiger partial charge in [0.1, 0.15) is 0 Å². The minimum Gasteiger partial charge on any atom is -0.314 e. The smallest absolute Gasteiger partial charge is 0.314 e. The van der Waals surface area contributed by atoms with Crippen molar-refractivity contribution in [1.82, 2.24) is 9.97 Å². The highest BCUT2D eigenvalue weighted by molar-refractivity contribution is 9.11. The summed E-state index contributed by atoms with van der Waals surface area (Å²) in [7, 11) is 0. The van der Waals surface area contributed by atoms with E-state index >= 15 is 0 Å². The predicted octanol–water partition coefficient (Wildman–Crippen LogP) is 0.429. The molecule has 0 fully saturated rings. The van der Waals surface area contributed by atoms with Crippen LogP contribution in [0.2, 0.25) is 0 Å². The first-order valence-electron chi connectivity index (χ1n) is 2.83. The fourth-order valence-electron chi connectivity index (χ4n) is 0.612. The molecule has 0 aliphatic carbocycles. The van der Waals surface area contributed by atoms with Crippen LogP contribution in [0.15, 0.2) is 20.8 Å². The molecule has 0 bridgehead atoms. The molecule has 0 aromatic carbocycles. The van der Waals surface area contributed by atoms with Gasteiger partial charge in [0.15, 0.2) is 0 Å². The molecule has 0 saturated carbocycles. The van der Waals surface area contributed by atoms with Crippen LogP contribution in [-0.2, 0) is 0 Å². The fourth-order valence-corrected chi connectivity index (χ4v) is 0.897. The molecule has 0 saturated heterocycles. The Hall–Kier alpha value is -1.10. The van der Waals surface area contributed by atoms with Crippen molar-refractivity contribution in [3.63, 3.8) is 0 Å². The highest BCUT2D eigenvalue weighted by atomic mass is 79.9. The van der Waals surface area contributed by atoms with Crippen molar-refractivity contribution in [2.24, 2.45) is 0 Å². The SMILES string of the molecule is O=c1[nH]cc(/C=C/Br)c(=O)[nH]1. The summed E-state index contributed by atoms with van der Waals surface area (Å²) in [6.07, 6.45) is 2.88. The zero-order valence-corrected chi connectivity index (χ0v) is 7.01. The minimum atomic E-state index is -0.498. The number of aromatic nitrogens is 2. The maximum absolute atomic E-state index is 10.9. The van der Waals surface area contributed by atoms with E-state index in [1.807, 2.05) is 0 Å². The van der Waals surface area contributed by atoms with Crippen molar-refractivity contribution in [1.29, 1.82) is 0 Å². The molecular formula is C6H5BrN2O2. The first kappa shape index (κ1) is 8.00. The average Bonchev–Trinajstić information content (AvgIpc) is 1.95. The number of rotatable bonds is 1. The quantitative estimate of drug-likeness (QED) is 0.716. The summed E-state index contributed by atoms with van der Waals surface area (Å²) in [6.45, 7) is 0. The molecule has 1 heterocycles. The molecule has 0 radical (unpaired) electrons. The van der Waals surface area contributed by atoms with Crippen molar-refractivity contribution in [2.75, 3.05) is 0 Å². The molecule has 11 heavy (non-hydrogen) atoms. The number of nitrogens with one attached hydrogen (secondary N) is 2. The lowest BCUT2D eigenvalue weighted by molar-refractivity contribution is 1.03. The van der Waals surface area contributed by atoms with Gasteiger partial charge in [0, 0.05) is 6.20 Å². The number of aromatic amines is 2. The van der Waals surface area contributed by atoms with Crippen LogP contribution < -0.4 is 11.2 Å². The summed E-state index contributed by atoms with van der Waals surface area (Å²) < 4.78 is 0. The van der Waals surface area contributed by atoms with Crippen LogP contribution in [0.3, 0.4) is 0 Å². The Kier molecular flexibility index (Phi) is 2.43. The van der Waals surface area contributed by atoms with E-state index in [4.69, 9.17) is 0 Å². The highest BCUT2D eigenvalue weighted by Crippen LogP contribution is 1.92. The third-order valence-electron chi connectivity index (χ3n) is 1.09. The summed E-state index contributed by atoms with van der Waals surface area (Å²) in [4.78, 5) is 27.3. The molecule has 58 valence electrons. The second-order valence-corrected chi connectivity index (χ2v) is 2.35. The molecule has 0 unspecified atom stereocenters. The molecule has 0 amide bonds. The van der Waals surface area contributed by atoms with Gasteiger partial charge in [-0.3, -0.25) is 9.78 Å². The lowest BCUT2D eigenvalue weighted by atomic mass is 10.3. The summed E-state index contributed by atoms with van der Waals surface area (Å²) in [6, 6.07) is 0. The normalized spacial score (nSPS) is 10.6. The molecule has 0 atom stereocenters. The van der Waals surface area contributed by atoms with Crippen molar-refractivity contribution < 1.29 is 0 Å². The van der Waals surface area contributed by atoms with Crippen LogP contribution in [0.1, 0.15) is 5.56 Å². The van der Waals surface area contributed by atoms with Crippen LogP contribution in [0.4, 0.5) is 0 Å². The Bertz CT molecular complexity index is 377. The van der Waals surface area contributed by atoms with Gasteiger partial charge in [-0.1, -0.05) is 15.9 Å². The van der Waals surface area contributed by atoms with Gasteiger partial charge in [-0.25, -0.2) is 4.79 Å². The largest absolute Gasteiger partial charge is 0.325 e. The maximum atomic E-state index is 10.9. The van der Waals surface area contributed by atoms with E-state index in [0.717, 1.165) is 0 Å². The Morgan fingerprint density at radius 1 is 1.45 bits per heavy atom. The second kappa shape index (κ2) is 3.34. The van der Waals surface area contributed by atoms with Gasteiger partial charge in [-0.05, 0) is 11.1 Å². The number of hydrogen-bond acceptors (Lipinski definition) is 2. The van der Waals surface area contributed by atoms with Gasteiger partial charge in [0.05, 0.1) is 5.56 Å². The summed E-state index contributed by atoms with van der Waals surface area (Å²) in [5.74, 6) is 0. The van der Waals surface area contributed by atoms with Crippen LogP contribution in [-0.4, -0.2) is 9.97 Å². The minimum absolute atomic E-state index is 0.399. The second-order valence-electron chi connectivity index (χ2n) is 1.82. The predicted molar refractivity (Wildman–Crippen MR) is 45.6 cm³/mol. The van der Waals surface area contributed by atoms with Gasteiger partial charge in [0.2, 0.25) is 0 Å². The van der Waals surface area contributed by atoms with Gasteiger partial charge in [-0.2, -0.15) is 0 Å². The van der Waals surface area contributed by atoms with Crippen molar-refractivity contribution in [3.8, 4) is 0 Å². The average molecular weight is 217 g/mol. The lowest BCUT2D eigenvalue weighted by Gasteiger charge is -1.87.